The Morgan fingerprint density at radius 2 is 1.81 bits per heavy atom. The van der Waals surface area contributed by atoms with Crippen molar-refractivity contribution in [2.24, 2.45) is 0 Å². The summed E-state index contributed by atoms with van der Waals surface area (Å²) in [6, 6.07) is 20.8. The van der Waals surface area contributed by atoms with Crippen molar-refractivity contribution in [3.63, 3.8) is 0 Å². The van der Waals surface area contributed by atoms with Gasteiger partial charge in [-0.25, -0.2) is 0 Å². The monoisotopic (exact) mass is 366 g/mol. The molecular formula is C22H26N2O3. The van der Waals surface area contributed by atoms with Gasteiger partial charge in [-0.05, 0) is 17.5 Å². The second kappa shape index (κ2) is 8.65. The molecule has 2 saturated heterocycles. The van der Waals surface area contributed by atoms with Crippen LogP contribution < -0.4 is 5.32 Å². The molecule has 0 unspecified atom stereocenters. The quantitative estimate of drug-likeness (QED) is 0.854. The number of nitrogens with one attached hydrogen (secondary N) is 1. The fraction of sp³-hybridized carbons (Fsp3) is 0.409. The van der Waals surface area contributed by atoms with Gasteiger partial charge in [0.05, 0.1) is 19.3 Å². The number of hydrogen-bond acceptors (Lipinski definition) is 4. The molecule has 27 heavy (non-hydrogen) atoms. The van der Waals surface area contributed by atoms with Crippen LogP contribution in [-0.4, -0.2) is 49.2 Å². The number of nitrogens with zero attached hydrogens (tertiary/aromatic N) is 1. The molecule has 0 bridgehead atoms. The van der Waals surface area contributed by atoms with Gasteiger partial charge >= 0.3 is 0 Å². The molecule has 0 aliphatic carbocycles. The molecule has 3 atom stereocenters. The smallest absolute Gasteiger partial charge is 0.246 e. The van der Waals surface area contributed by atoms with E-state index in [1.54, 1.807) is 0 Å². The third-order valence-electron chi connectivity index (χ3n) is 5.30. The van der Waals surface area contributed by atoms with E-state index in [1.165, 1.54) is 5.56 Å². The molecule has 2 aliphatic heterocycles. The van der Waals surface area contributed by atoms with Crippen molar-refractivity contribution >= 4 is 5.91 Å². The first-order chi connectivity index (χ1) is 13.3. The van der Waals surface area contributed by atoms with E-state index in [0.29, 0.717) is 12.6 Å². The summed E-state index contributed by atoms with van der Waals surface area (Å²) >= 11 is 0. The van der Waals surface area contributed by atoms with Gasteiger partial charge in [0.2, 0.25) is 5.91 Å². The van der Waals surface area contributed by atoms with Gasteiger partial charge < -0.3 is 14.8 Å². The average molecular weight is 366 g/mol. The lowest BCUT2D eigenvalue weighted by molar-refractivity contribution is -0.126. The third-order valence-corrected chi connectivity index (χ3v) is 5.30. The minimum atomic E-state index is -0.0451. The number of carbonyl (C=O) groups is 1. The van der Waals surface area contributed by atoms with Gasteiger partial charge in [-0.2, -0.15) is 0 Å². The van der Waals surface area contributed by atoms with E-state index in [9.17, 15) is 4.79 Å². The van der Waals surface area contributed by atoms with Crippen molar-refractivity contribution in [1.82, 2.24) is 10.2 Å². The molecule has 1 N–H and O–H groups in total. The zero-order chi connectivity index (χ0) is 18.5. The molecule has 2 aliphatic rings. The maximum absolute atomic E-state index is 12.2. The number of benzene rings is 2. The predicted molar refractivity (Wildman–Crippen MR) is 103 cm³/mol. The summed E-state index contributed by atoms with van der Waals surface area (Å²) in [5, 5.41) is 3.11. The largest absolute Gasteiger partial charge is 0.371 e. The number of morpholine rings is 1. The highest BCUT2D eigenvalue weighted by Crippen LogP contribution is 2.30. The maximum Gasteiger partial charge on any atom is 0.246 e. The minimum Gasteiger partial charge on any atom is -0.371 e. The fourth-order valence-corrected chi connectivity index (χ4v) is 3.95. The number of hydrogen-bond donors (Lipinski definition) is 1. The van der Waals surface area contributed by atoms with Gasteiger partial charge in [0.1, 0.15) is 6.61 Å². The number of fused-ring (bicyclic) bond motifs is 1. The lowest BCUT2D eigenvalue weighted by atomic mass is 10.1. The van der Waals surface area contributed by atoms with Crippen LogP contribution in [0.5, 0.6) is 0 Å². The van der Waals surface area contributed by atoms with Gasteiger partial charge in [-0.3, -0.25) is 9.69 Å². The summed E-state index contributed by atoms with van der Waals surface area (Å²) in [7, 11) is 0. The first kappa shape index (κ1) is 18.2. The highest BCUT2D eigenvalue weighted by atomic mass is 16.5. The van der Waals surface area contributed by atoms with Gasteiger partial charge in [-0.15, -0.1) is 0 Å². The van der Waals surface area contributed by atoms with Crippen LogP contribution in [0, 0.1) is 0 Å². The lowest BCUT2D eigenvalue weighted by Gasteiger charge is -2.35. The molecule has 0 aromatic heterocycles. The number of amides is 1. The van der Waals surface area contributed by atoms with E-state index in [1.807, 2.05) is 48.5 Å². The minimum absolute atomic E-state index is 0.0451. The van der Waals surface area contributed by atoms with Crippen LogP contribution in [0.2, 0.25) is 0 Å². The van der Waals surface area contributed by atoms with Crippen molar-refractivity contribution in [3.8, 4) is 0 Å². The van der Waals surface area contributed by atoms with E-state index in [4.69, 9.17) is 9.47 Å². The number of ether oxygens (including phenoxy) is 2. The molecule has 2 fully saturated rings. The zero-order valence-electron chi connectivity index (χ0n) is 15.4. The Bertz CT molecular complexity index is 738. The van der Waals surface area contributed by atoms with Crippen molar-refractivity contribution in [2.75, 3.05) is 26.3 Å². The standard InChI is InChI=1S/C22H26N2O3/c25-22(16-26-14-17-7-3-1-4-8-17)23-19-11-20-15-27-21(13-24(20)12-19)18-9-5-2-6-10-18/h1-10,19-21H,11-16H2,(H,23,25)/t19-,20+,21-/m1/s1. The average Bonchev–Trinajstić information content (AvgIpc) is 3.10. The topological polar surface area (TPSA) is 50.8 Å². The van der Waals surface area contributed by atoms with Crippen molar-refractivity contribution < 1.29 is 14.3 Å². The summed E-state index contributed by atoms with van der Waals surface area (Å²) in [5.74, 6) is -0.0451. The molecule has 4 rings (SSSR count). The second-order valence-electron chi connectivity index (χ2n) is 7.32. The molecular weight excluding hydrogens is 340 g/mol. The van der Waals surface area contributed by atoms with Crippen molar-refractivity contribution in [2.45, 2.75) is 31.2 Å². The normalized spacial score (nSPS) is 25.1. The maximum atomic E-state index is 12.2. The molecule has 2 aromatic carbocycles. The summed E-state index contributed by atoms with van der Waals surface area (Å²) in [5.41, 5.74) is 2.30. The van der Waals surface area contributed by atoms with Crippen LogP contribution in [0.15, 0.2) is 60.7 Å². The van der Waals surface area contributed by atoms with Gasteiger partial charge in [0.15, 0.2) is 0 Å². The molecule has 5 heteroatoms. The Morgan fingerprint density at radius 3 is 2.59 bits per heavy atom. The van der Waals surface area contributed by atoms with Gasteiger partial charge in [0.25, 0.3) is 0 Å². The third kappa shape index (κ3) is 4.75. The molecule has 0 spiro atoms. The Hall–Kier alpha value is -2.21. The highest BCUT2D eigenvalue weighted by Gasteiger charge is 2.38. The van der Waals surface area contributed by atoms with Gasteiger partial charge in [0, 0.05) is 25.2 Å². The van der Waals surface area contributed by atoms with Crippen LogP contribution >= 0.6 is 0 Å². The molecule has 5 nitrogen and oxygen atoms in total. The van der Waals surface area contributed by atoms with E-state index in [-0.39, 0.29) is 24.7 Å². The Labute approximate surface area is 160 Å². The number of carbonyl (C=O) groups excluding carboxylic acids is 1. The lowest BCUT2D eigenvalue weighted by Crippen LogP contribution is -2.43. The van der Waals surface area contributed by atoms with Crippen LogP contribution in [-0.2, 0) is 20.9 Å². The molecule has 0 saturated carbocycles. The summed E-state index contributed by atoms with van der Waals surface area (Å²) < 4.78 is 11.6. The van der Waals surface area contributed by atoms with Gasteiger partial charge in [-0.1, -0.05) is 60.7 Å². The van der Waals surface area contributed by atoms with Crippen LogP contribution in [0.3, 0.4) is 0 Å². The van der Waals surface area contributed by atoms with E-state index in [0.717, 1.165) is 31.7 Å². The molecule has 0 radical (unpaired) electrons. The first-order valence-electron chi connectivity index (χ1n) is 9.59. The summed E-state index contributed by atoms with van der Waals surface area (Å²) in [6.07, 6.45) is 1.05. The molecule has 1 amide bonds. The van der Waals surface area contributed by atoms with E-state index >= 15 is 0 Å². The molecule has 2 aromatic rings. The van der Waals surface area contributed by atoms with Crippen LogP contribution in [0.1, 0.15) is 23.7 Å². The van der Waals surface area contributed by atoms with Crippen molar-refractivity contribution in [3.05, 3.63) is 71.8 Å². The van der Waals surface area contributed by atoms with Crippen molar-refractivity contribution in [1.29, 1.82) is 0 Å². The summed E-state index contributed by atoms with van der Waals surface area (Å²) in [4.78, 5) is 14.6. The number of rotatable bonds is 6. The second-order valence-corrected chi connectivity index (χ2v) is 7.32. The zero-order valence-corrected chi connectivity index (χ0v) is 15.4. The van der Waals surface area contributed by atoms with Crippen LogP contribution in [0.4, 0.5) is 0 Å². The predicted octanol–water partition coefficient (Wildman–Crippen LogP) is 2.53. The van der Waals surface area contributed by atoms with E-state index in [2.05, 4.69) is 22.3 Å². The molecule has 2 heterocycles. The molecule has 142 valence electrons. The Kier molecular flexibility index (Phi) is 5.82. The fourth-order valence-electron chi connectivity index (χ4n) is 3.95. The Balaban J connectivity index is 1.22. The van der Waals surface area contributed by atoms with E-state index < -0.39 is 0 Å². The Morgan fingerprint density at radius 1 is 1.07 bits per heavy atom. The highest BCUT2D eigenvalue weighted by molar-refractivity contribution is 5.77. The SMILES string of the molecule is O=C(COCc1ccccc1)N[C@@H]1C[C@H]2CO[C@@H](c3ccccc3)CN2C1. The first-order valence-corrected chi connectivity index (χ1v) is 9.59. The van der Waals surface area contributed by atoms with Crippen LogP contribution in [0.25, 0.3) is 0 Å². The summed E-state index contributed by atoms with van der Waals surface area (Å²) in [6.45, 7) is 3.03.